The lowest BCUT2D eigenvalue weighted by Gasteiger charge is -2.13. The van der Waals surface area contributed by atoms with Gasteiger partial charge in [-0.15, -0.1) is 0 Å². The van der Waals surface area contributed by atoms with Crippen molar-refractivity contribution in [2.24, 2.45) is 0 Å². The first-order valence-corrected chi connectivity index (χ1v) is 9.37. The van der Waals surface area contributed by atoms with Crippen molar-refractivity contribution < 1.29 is 17.9 Å². The second-order valence-corrected chi connectivity index (χ2v) is 6.69. The smallest absolute Gasteiger partial charge is 0.266 e. The predicted molar refractivity (Wildman–Crippen MR) is 92.5 cm³/mol. The van der Waals surface area contributed by atoms with Gasteiger partial charge in [-0.05, 0) is 32.0 Å². The Kier molecular flexibility index (Phi) is 6.54. The molecule has 0 aliphatic heterocycles. The molecule has 1 heterocycles. The van der Waals surface area contributed by atoms with E-state index in [0.29, 0.717) is 19.0 Å². The number of benzene rings is 1. The molecule has 0 fully saturated rings. The van der Waals surface area contributed by atoms with Crippen LogP contribution in [0.2, 0.25) is 0 Å². The lowest BCUT2D eigenvalue weighted by molar-refractivity contribution is 0.317. The first-order valence-electron chi connectivity index (χ1n) is 7.89. The summed E-state index contributed by atoms with van der Waals surface area (Å²) in [5, 5.41) is 3.88. The zero-order valence-electron chi connectivity index (χ0n) is 14.1. The minimum absolute atomic E-state index is 0.0196. The van der Waals surface area contributed by atoms with Crippen LogP contribution >= 0.6 is 0 Å². The summed E-state index contributed by atoms with van der Waals surface area (Å²) in [4.78, 5) is 11.6. The molecule has 136 valence electrons. The zero-order chi connectivity index (χ0) is 18.3. The second kappa shape index (κ2) is 8.63. The molecule has 1 N–H and O–H groups in total. The Hall–Kier alpha value is -2.39. The van der Waals surface area contributed by atoms with E-state index in [-0.39, 0.29) is 29.3 Å². The highest BCUT2D eigenvalue weighted by molar-refractivity contribution is 7.89. The molecule has 0 aliphatic carbocycles. The minimum Gasteiger partial charge on any atom is -0.494 e. The summed E-state index contributed by atoms with van der Waals surface area (Å²) in [6.07, 6.45) is 1.47. The van der Waals surface area contributed by atoms with E-state index in [0.717, 1.165) is 0 Å². The number of aromatic nitrogens is 2. The van der Waals surface area contributed by atoms with Crippen LogP contribution in [-0.2, 0) is 16.6 Å². The maximum Gasteiger partial charge on any atom is 0.266 e. The Morgan fingerprint density at radius 2 is 1.92 bits per heavy atom. The summed E-state index contributed by atoms with van der Waals surface area (Å²) in [5.41, 5.74) is -0.294. The van der Waals surface area contributed by atoms with Gasteiger partial charge in [-0.1, -0.05) is 0 Å². The first-order chi connectivity index (χ1) is 12.0. The molecule has 1 aromatic carbocycles. The average molecular weight is 367 g/mol. The second-order valence-electron chi connectivity index (χ2n) is 4.96. The molecule has 2 rings (SSSR count). The van der Waals surface area contributed by atoms with Crippen LogP contribution in [0.1, 0.15) is 13.8 Å². The molecule has 2 aromatic rings. The van der Waals surface area contributed by atoms with Crippen LogP contribution in [0.3, 0.4) is 0 Å². The number of sulfonamides is 1. The highest BCUT2D eigenvalue weighted by atomic mass is 32.2. The van der Waals surface area contributed by atoms with Gasteiger partial charge in [0.25, 0.3) is 5.56 Å². The largest absolute Gasteiger partial charge is 0.494 e. The monoisotopic (exact) mass is 367 g/mol. The van der Waals surface area contributed by atoms with Crippen LogP contribution in [0.25, 0.3) is 0 Å². The lowest BCUT2D eigenvalue weighted by atomic mass is 10.3. The standard InChI is InChI=1S/C16H21N3O5S/c1-3-23-13-7-8-15(14(12-13)24-4-2)25(21,22)18-10-11-19-16(20)6-5-9-17-19/h5-9,12,18H,3-4,10-11H2,1-2H3. The molecule has 0 aliphatic rings. The molecular weight excluding hydrogens is 346 g/mol. The molecule has 0 saturated carbocycles. The van der Waals surface area contributed by atoms with Crippen molar-refractivity contribution in [1.82, 2.24) is 14.5 Å². The van der Waals surface area contributed by atoms with E-state index in [9.17, 15) is 13.2 Å². The van der Waals surface area contributed by atoms with Crippen molar-refractivity contribution in [3.05, 3.63) is 46.9 Å². The third kappa shape index (κ3) is 5.04. The lowest BCUT2D eigenvalue weighted by Crippen LogP contribution is -2.31. The maximum absolute atomic E-state index is 12.5. The van der Waals surface area contributed by atoms with E-state index in [4.69, 9.17) is 9.47 Å². The van der Waals surface area contributed by atoms with Gasteiger partial charge in [0.1, 0.15) is 16.4 Å². The zero-order valence-corrected chi connectivity index (χ0v) is 15.0. The van der Waals surface area contributed by atoms with Crippen LogP contribution in [0, 0.1) is 0 Å². The van der Waals surface area contributed by atoms with Gasteiger partial charge in [-0.2, -0.15) is 5.10 Å². The summed E-state index contributed by atoms with van der Waals surface area (Å²) in [5.74, 6) is 0.751. The van der Waals surface area contributed by atoms with E-state index < -0.39 is 10.0 Å². The topological polar surface area (TPSA) is 99.5 Å². The SMILES string of the molecule is CCOc1ccc(S(=O)(=O)NCCn2ncccc2=O)c(OCC)c1. The highest BCUT2D eigenvalue weighted by Crippen LogP contribution is 2.28. The van der Waals surface area contributed by atoms with E-state index >= 15 is 0 Å². The Morgan fingerprint density at radius 1 is 1.16 bits per heavy atom. The number of nitrogens with zero attached hydrogens (tertiary/aromatic N) is 2. The fourth-order valence-electron chi connectivity index (χ4n) is 2.15. The summed E-state index contributed by atoms with van der Waals surface area (Å²) in [7, 11) is -3.80. The van der Waals surface area contributed by atoms with Crippen molar-refractivity contribution in [2.45, 2.75) is 25.3 Å². The predicted octanol–water partition coefficient (Wildman–Crippen LogP) is 1.02. The van der Waals surface area contributed by atoms with Crippen molar-refractivity contribution >= 4 is 10.0 Å². The number of hydrogen-bond acceptors (Lipinski definition) is 6. The van der Waals surface area contributed by atoms with E-state index in [1.54, 1.807) is 19.1 Å². The minimum atomic E-state index is -3.80. The molecule has 0 amide bonds. The molecule has 0 saturated heterocycles. The van der Waals surface area contributed by atoms with Gasteiger partial charge in [-0.3, -0.25) is 4.79 Å². The number of rotatable bonds is 9. The van der Waals surface area contributed by atoms with Gasteiger partial charge in [0, 0.05) is 24.9 Å². The summed E-state index contributed by atoms with van der Waals surface area (Å²) >= 11 is 0. The van der Waals surface area contributed by atoms with Crippen molar-refractivity contribution in [2.75, 3.05) is 19.8 Å². The summed E-state index contributed by atoms with van der Waals surface area (Å²) < 4.78 is 39.5. The number of nitrogens with one attached hydrogen (secondary N) is 1. The summed E-state index contributed by atoms with van der Waals surface area (Å²) in [6.45, 7) is 4.55. The molecule has 25 heavy (non-hydrogen) atoms. The van der Waals surface area contributed by atoms with Crippen molar-refractivity contribution in [3.8, 4) is 11.5 Å². The molecular formula is C16H21N3O5S. The maximum atomic E-state index is 12.5. The molecule has 0 radical (unpaired) electrons. The van der Waals surface area contributed by atoms with Crippen LogP contribution in [-0.4, -0.2) is 38.0 Å². The Morgan fingerprint density at radius 3 is 2.60 bits per heavy atom. The Labute approximate surface area is 146 Å². The summed E-state index contributed by atoms with van der Waals surface area (Å²) in [6, 6.07) is 7.44. The number of ether oxygens (including phenoxy) is 2. The van der Waals surface area contributed by atoms with Crippen LogP contribution in [0.4, 0.5) is 0 Å². The van der Waals surface area contributed by atoms with Crippen molar-refractivity contribution in [3.63, 3.8) is 0 Å². The fraction of sp³-hybridized carbons (Fsp3) is 0.375. The van der Waals surface area contributed by atoms with Gasteiger partial charge in [0.2, 0.25) is 10.0 Å². The molecule has 9 heteroatoms. The molecule has 0 atom stereocenters. The highest BCUT2D eigenvalue weighted by Gasteiger charge is 2.20. The van der Waals surface area contributed by atoms with E-state index in [1.807, 2.05) is 6.92 Å². The molecule has 1 aromatic heterocycles. The Balaban J connectivity index is 2.15. The van der Waals surface area contributed by atoms with Crippen molar-refractivity contribution in [1.29, 1.82) is 0 Å². The molecule has 0 unspecified atom stereocenters. The number of hydrogen-bond donors (Lipinski definition) is 1. The van der Waals surface area contributed by atoms with Gasteiger partial charge in [0.05, 0.1) is 19.8 Å². The van der Waals surface area contributed by atoms with E-state index in [1.165, 1.54) is 29.1 Å². The van der Waals surface area contributed by atoms with Gasteiger partial charge in [-0.25, -0.2) is 17.8 Å². The first kappa shape index (κ1) is 18.9. The van der Waals surface area contributed by atoms with Gasteiger partial charge in [0.15, 0.2) is 0 Å². The average Bonchev–Trinajstić information content (AvgIpc) is 2.57. The van der Waals surface area contributed by atoms with E-state index in [2.05, 4.69) is 9.82 Å². The fourth-order valence-corrected chi connectivity index (χ4v) is 3.30. The normalized spacial score (nSPS) is 11.3. The van der Waals surface area contributed by atoms with Gasteiger partial charge >= 0.3 is 0 Å². The van der Waals surface area contributed by atoms with Crippen LogP contribution in [0.5, 0.6) is 11.5 Å². The van der Waals surface area contributed by atoms with Gasteiger partial charge < -0.3 is 9.47 Å². The Bertz CT molecular complexity index is 864. The van der Waals surface area contributed by atoms with Crippen LogP contribution < -0.4 is 19.8 Å². The third-order valence-electron chi connectivity index (χ3n) is 3.22. The molecule has 0 spiro atoms. The molecule has 0 bridgehead atoms. The van der Waals surface area contributed by atoms with Crippen LogP contribution in [0.15, 0.2) is 46.2 Å². The third-order valence-corrected chi connectivity index (χ3v) is 4.72. The molecule has 8 nitrogen and oxygen atoms in total. The quantitative estimate of drug-likeness (QED) is 0.710.